The summed E-state index contributed by atoms with van der Waals surface area (Å²) < 4.78 is 6.86. The highest BCUT2D eigenvalue weighted by Crippen LogP contribution is 2.04. The summed E-state index contributed by atoms with van der Waals surface area (Å²) in [6.07, 6.45) is 0.749. The predicted molar refractivity (Wildman–Crippen MR) is 54.4 cm³/mol. The van der Waals surface area contributed by atoms with Gasteiger partial charge in [-0.2, -0.15) is 10.1 Å². The third-order valence-corrected chi connectivity index (χ3v) is 2.22. The topological polar surface area (TPSA) is 56.7 Å². The van der Waals surface area contributed by atoms with Crippen LogP contribution in [0.5, 0.6) is 0 Å². The van der Waals surface area contributed by atoms with Crippen LogP contribution in [-0.4, -0.2) is 19.9 Å². The van der Waals surface area contributed by atoms with Crippen molar-refractivity contribution < 1.29 is 4.52 Å². The molecule has 80 valence electrons. The molecule has 0 aliphatic carbocycles. The van der Waals surface area contributed by atoms with Crippen LogP contribution in [0.15, 0.2) is 10.6 Å². The zero-order valence-corrected chi connectivity index (χ0v) is 9.19. The second kappa shape index (κ2) is 3.84. The molecule has 0 atom stereocenters. The van der Waals surface area contributed by atoms with Crippen LogP contribution >= 0.6 is 0 Å². The van der Waals surface area contributed by atoms with Crippen molar-refractivity contribution in [3.05, 3.63) is 29.2 Å². The summed E-state index contributed by atoms with van der Waals surface area (Å²) in [6.45, 7) is 6.61. The standard InChI is InChI=1S/C10H14N4O/c1-7-6-8(2)14(12-7)5-4-10-11-9(3)15-13-10/h6H,4-5H2,1-3H3. The summed E-state index contributed by atoms with van der Waals surface area (Å²) in [5.41, 5.74) is 2.20. The van der Waals surface area contributed by atoms with Crippen molar-refractivity contribution in [2.24, 2.45) is 0 Å². The zero-order valence-electron chi connectivity index (χ0n) is 9.19. The molecule has 0 fully saturated rings. The van der Waals surface area contributed by atoms with Crippen LogP contribution in [0.3, 0.4) is 0 Å². The molecule has 15 heavy (non-hydrogen) atoms. The molecule has 0 N–H and O–H groups in total. The maximum absolute atomic E-state index is 4.90. The first-order chi connectivity index (χ1) is 7.15. The number of nitrogens with zero attached hydrogens (tertiary/aromatic N) is 4. The van der Waals surface area contributed by atoms with Gasteiger partial charge in [-0.15, -0.1) is 0 Å². The van der Waals surface area contributed by atoms with Crippen molar-refractivity contribution in [2.45, 2.75) is 33.7 Å². The van der Waals surface area contributed by atoms with Gasteiger partial charge in [0.15, 0.2) is 5.82 Å². The molecular formula is C10H14N4O. The Kier molecular flexibility index (Phi) is 2.53. The van der Waals surface area contributed by atoms with Gasteiger partial charge in [-0.1, -0.05) is 5.16 Å². The predicted octanol–water partition coefficient (Wildman–Crippen LogP) is 1.43. The quantitative estimate of drug-likeness (QED) is 0.762. The Hall–Kier alpha value is -1.65. The molecule has 0 amide bonds. The van der Waals surface area contributed by atoms with Gasteiger partial charge < -0.3 is 4.52 Å². The Balaban J connectivity index is 2.01. The Labute approximate surface area is 88.1 Å². The molecule has 0 aliphatic rings. The van der Waals surface area contributed by atoms with Gasteiger partial charge >= 0.3 is 0 Å². The lowest BCUT2D eigenvalue weighted by molar-refractivity contribution is 0.385. The SMILES string of the molecule is Cc1cc(C)n(CCc2noc(C)n2)n1. The summed E-state index contributed by atoms with van der Waals surface area (Å²) in [4.78, 5) is 4.14. The molecule has 5 nitrogen and oxygen atoms in total. The average Bonchev–Trinajstić information content (AvgIpc) is 2.70. The molecule has 0 saturated heterocycles. The molecule has 2 aromatic rings. The number of aromatic nitrogens is 4. The third kappa shape index (κ3) is 2.23. The average molecular weight is 206 g/mol. The summed E-state index contributed by atoms with van der Waals surface area (Å²) in [6, 6.07) is 2.06. The number of aryl methyl sites for hydroxylation is 5. The fourth-order valence-corrected chi connectivity index (χ4v) is 1.55. The molecule has 0 radical (unpaired) electrons. The third-order valence-electron chi connectivity index (χ3n) is 2.22. The number of rotatable bonds is 3. The first kappa shape index (κ1) is 9.89. The molecule has 0 saturated carbocycles. The lowest BCUT2D eigenvalue weighted by Gasteiger charge is -2.00. The largest absolute Gasteiger partial charge is 0.340 e. The van der Waals surface area contributed by atoms with Gasteiger partial charge in [0.25, 0.3) is 0 Å². The normalized spacial score (nSPS) is 10.9. The summed E-state index contributed by atoms with van der Waals surface area (Å²) in [5.74, 6) is 1.35. The van der Waals surface area contributed by atoms with E-state index >= 15 is 0 Å². The second-order valence-electron chi connectivity index (χ2n) is 3.63. The molecule has 5 heteroatoms. The van der Waals surface area contributed by atoms with Crippen molar-refractivity contribution in [3.8, 4) is 0 Å². The van der Waals surface area contributed by atoms with Crippen LogP contribution in [0.4, 0.5) is 0 Å². The van der Waals surface area contributed by atoms with Crippen molar-refractivity contribution >= 4 is 0 Å². The summed E-state index contributed by atoms with van der Waals surface area (Å²) >= 11 is 0. The Bertz CT molecular complexity index is 458. The molecule has 0 spiro atoms. The van der Waals surface area contributed by atoms with Gasteiger partial charge in [0, 0.05) is 25.6 Å². The molecule has 0 aliphatic heterocycles. The maximum atomic E-state index is 4.90. The van der Waals surface area contributed by atoms with E-state index in [1.807, 2.05) is 18.5 Å². The molecule has 2 heterocycles. The van der Waals surface area contributed by atoms with E-state index < -0.39 is 0 Å². The highest BCUT2D eigenvalue weighted by Gasteiger charge is 2.05. The van der Waals surface area contributed by atoms with E-state index in [4.69, 9.17) is 4.52 Å². The molecule has 0 bridgehead atoms. The van der Waals surface area contributed by atoms with E-state index in [1.54, 1.807) is 6.92 Å². The first-order valence-corrected chi connectivity index (χ1v) is 4.95. The summed E-state index contributed by atoms with van der Waals surface area (Å²) in [5, 5.41) is 8.20. The second-order valence-corrected chi connectivity index (χ2v) is 3.63. The minimum Gasteiger partial charge on any atom is -0.340 e. The fourth-order valence-electron chi connectivity index (χ4n) is 1.55. The van der Waals surface area contributed by atoms with E-state index in [1.165, 1.54) is 0 Å². The summed E-state index contributed by atoms with van der Waals surface area (Å²) in [7, 11) is 0. The minimum atomic E-state index is 0.610. The van der Waals surface area contributed by atoms with Crippen molar-refractivity contribution in [1.29, 1.82) is 0 Å². The zero-order chi connectivity index (χ0) is 10.8. The van der Waals surface area contributed by atoms with E-state index in [9.17, 15) is 0 Å². The monoisotopic (exact) mass is 206 g/mol. The van der Waals surface area contributed by atoms with E-state index in [0.717, 1.165) is 30.2 Å². The molecule has 2 aromatic heterocycles. The van der Waals surface area contributed by atoms with Crippen LogP contribution in [0, 0.1) is 20.8 Å². The van der Waals surface area contributed by atoms with Gasteiger partial charge in [0.1, 0.15) is 0 Å². The lowest BCUT2D eigenvalue weighted by atomic mass is 10.4. The highest BCUT2D eigenvalue weighted by molar-refractivity contribution is 5.06. The van der Waals surface area contributed by atoms with Crippen LogP contribution in [-0.2, 0) is 13.0 Å². The molecular weight excluding hydrogens is 192 g/mol. The van der Waals surface area contributed by atoms with Gasteiger partial charge in [-0.3, -0.25) is 4.68 Å². The van der Waals surface area contributed by atoms with Crippen LogP contribution in [0.2, 0.25) is 0 Å². The van der Waals surface area contributed by atoms with E-state index in [2.05, 4.69) is 21.3 Å². The Morgan fingerprint density at radius 1 is 1.33 bits per heavy atom. The van der Waals surface area contributed by atoms with E-state index in [0.29, 0.717) is 5.89 Å². The van der Waals surface area contributed by atoms with Crippen molar-refractivity contribution in [3.63, 3.8) is 0 Å². The van der Waals surface area contributed by atoms with Gasteiger partial charge in [-0.05, 0) is 19.9 Å². The van der Waals surface area contributed by atoms with Crippen LogP contribution in [0.1, 0.15) is 23.1 Å². The Morgan fingerprint density at radius 2 is 2.13 bits per heavy atom. The minimum absolute atomic E-state index is 0.610. The number of hydrogen-bond donors (Lipinski definition) is 0. The smallest absolute Gasteiger partial charge is 0.223 e. The lowest BCUT2D eigenvalue weighted by Crippen LogP contribution is -2.06. The fraction of sp³-hybridized carbons (Fsp3) is 0.500. The van der Waals surface area contributed by atoms with Crippen LogP contribution < -0.4 is 0 Å². The molecule has 0 aromatic carbocycles. The van der Waals surface area contributed by atoms with Gasteiger partial charge in [-0.25, -0.2) is 0 Å². The maximum Gasteiger partial charge on any atom is 0.223 e. The van der Waals surface area contributed by atoms with E-state index in [-0.39, 0.29) is 0 Å². The molecule has 0 unspecified atom stereocenters. The van der Waals surface area contributed by atoms with Gasteiger partial charge in [0.2, 0.25) is 5.89 Å². The molecule has 2 rings (SSSR count). The number of hydrogen-bond acceptors (Lipinski definition) is 4. The highest BCUT2D eigenvalue weighted by atomic mass is 16.5. The first-order valence-electron chi connectivity index (χ1n) is 4.95. The van der Waals surface area contributed by atoms with Crippen molar-refractivity contribution in [1.82, 2.24) is 19.9 Å². The van der Waals surface area contributed by atoms with Crippen molar-refractivity contribution in [2.75, 3.05) is 0 Å². The van der Waals surface area contributed by atoms with Gasteiger partial charge in [0.05, 0.1) is 5.69 Å². The van der Waals surface area contributed by atoms with Crippen LogP contribution in [0.25, 0.3) is 0 Å². The Morgan fingerprint density at radius 3 is 2.67 bits per heavy atom.